The number of nitrogens with one attached hydrogen (secondary N) is 1. The van der Waals surface area contributed by atoms with E-state index in [4.69, 9.17) is 0 Å². The summed E-state index contributed by atoms with van der Waals surface area (Å²) in [7, 11) is 0. The highest BCUT2D eigenvalue weighted by Gasteiger charge is 2.03. The predicted molar refractivity (Wildman–Crippen MR) is 64.2 cm³/mol. The van der Waals surface area contributed by atoms with Gasteiger partial charge in [-0.1, -0.05) is 31.9 Å². The minimum absolute atomic E-state index is 0.893. The fourth-order valence-corrected chi connectivity index (χ4v) is 2.54. The Labute approximate surface area is 99.0 Å². The molecule has 1 heterocycles. The summed E-state index contributed by atoms with van der Waals surface area (Å²) >= 11 is 6.89. The third kappa shape index (κ3) is 2.07. The van der Waals surface area contributed by atoms with Crippen LogP contribution in [0.4, 0.5) is 0 Å². The molecule has 0 amide bonds. The van der Waals surface area contributed by atoms with E-state index < -0.39 is 0 Å². The van der Waals surface area contributed by atoms with Crippen molar-refractivity contribution in [3.63, 3.8) is 0 Å². The highest BCUT2D eigenvalue weighted by molar-refractivity contribution is 9.11. The molecule has 0 fully saturated rings. The van der Waals surface area contributed by atoms with Crippen molar-refractivity contribution in [3.8, 4) is 11.4 Å². The Morgan fingerprint density at radius 3 is 2.29 bits per heavy atom. The van der Waals surface area contributed by atoms with Crippen LogP contribution in [0.5, 0.6) is 0 Å². The van der Waals surface area contributed by atoms with E-state index in [9.17, 15) is 0 Å². The van der Waals surface area contributed by atoms with Crippen molar-refractivity contribution in [2.45, 2.75) is 6.92 Å². The molecule has 0 unspecified atom stereocenters. The lowest BCUT2D eigenvalue weighted by Crippen LogP contribution is -1.81. The van der Waals surface area contributed by atoms with Gasteiger partial charge in [-0.3, -0.25) is 0 Å². The zero-order valence-electron chi connectivity index (χ0n) is 7.51. The minimum Gasteiger partial charge on any atom is -0.342 e. The van der Waals surface area contributed by atoms with E-state index in [0.29, 0.717) is 0 Å². The molecule has 0 spiro atoms. The quantitative estimate of drug-likeness (QED) is 0.849. The van der Waals surface area contributed by atoms with E-state index in [0.717, 1.165) is 26.0 Å². The molecule has 1 aromatic heterocycles. The molecule has 0 saturated heterocycles. The molecule has 2 nitrogen and oxygen atoms in total. The molecule has 2 aromatic rings. The summed E-state index contributed by atoms with van der Waals surface area (Å²) in [5.41, 5.74) is 2.13. The summed E-state index contributed by atoms with van der Waals surface area (Å²) in [5.74, 6) is 0.893. The molecule has 14 heavy (non-hydrogen) atoms. The van der Waals surface area contributed by atoms with Gasteiger partial charge in [0.15, 0.2) is 0 Å². The fraction of sp³-hybridized carbons (Fsp3) is 0.100. The number of rotatable bonds is 1. The fourth-order valence-electron chi connectivity index (χ4n) is 1.25. The lowest BCUT2D eigenvalue weighted by Gasteiger charge is -1.99. The van der Waals surface area contributed by atoms with Gasteiger partial charge in [0.05, 0.1) is 0 Å². The van der Waals surface area contributed by atoms with Crippen LogP contribution in [-0.2, 0) is 0 Å². The summed E-state index contributed by atoms with van der Waals surface area (Å²) in [6, 6.07) is 6.06. The molecule has 72 valence electrons. The normalized spacial score (nSPS) is 10.5. The van der Waals surface area contributed by atoms with Crippen LogP contribution in [0.25, 0.3) is 11.4 Å². The lowest BCUT2D eigenvalue weighted by molar-refractivity contribution is 1.25. The Morgan fingerprint density at radius 2 is 1.79 bits per heavy atom. The van der Waals surface area contributed by atoms with Crippen molar-refractivity contribution in [2.24, 2.45) is 0 Å². The van der Waals surface area contributed by atoms with Gasteiger partial charge in [-0.2, -0.15) is 0 Å². The van der Waals surface area contributed by atoms with Crippen LogP contribution in [0.1, 0.15) is 5.69 Å². The monoisotopic (exact) mass is 314 g/mol. The van der Waals surface area contributed by atoms with Crippen LogP contribution < -0.4 is 0 Å². The summed E-state index contributed by atoms with van der Waals surface area (Å²) in [5, 5.41) is 0. The SMILES string of the molecule is Cc1cnc(-c2cc(Br)cc(Br)c2)[nH]1. The zero-order chi connectivity index (χ0) is 10.1. The zero-order valence-corrected chi connectivity index (χ0v) is 10.7. The van der Waals surface area contributed by atoms with Crippen molar-refractivity contribution in [2.75, 3.05) is 0 Å². The van der Waals surface area contributed by atoms with Gasteiger partial charge in [0.1, 0.15) is 5.82 Å². The molecule has 0 saturated carbocycles. The van der Waals surface area contributed by atoms with Crippen molar-refractivity contribution in [1.82, 2.24) is 9.97 Å². The predicted octanol–water partition coefficient (Wildman–Crippen LogP) is 3.91. The highest BCUT2D eigenvalue weighted by Crippen LogP contribution is 2.25. The molecule has 0 radical (unpaired) electrons. The maximum atomic E-state index is 4.27. The van der Waals surface area contributed by atoms with Crippen molar-refractivity contribution >= 4 is 31.9 Å². The molecular formula is C10H8Br2N2. The van der Waals surface area contributed by atoms with Crippen LogP contribution in [0.3, 0.4) is 0 Å². The third-order valence-corrected chi connectivity index (χ3v) is 2.75. The standard InChI is InChI=1S/C10H8Br2N2/c1-6-5-13-10(14-6)7-2-8(11)4-9(12)3-7/h2-5H,1H3,(H,13,14). The van der Waals surface area contributed by atoms with Gasteiger partial charge < -0.3 is 4.98 Å². The molecule has 1 aromatic carbocycles. The minimum atomic E-state index is 0.893. The molecule has 0 aliphatic rings. The highest BCUT2D eigenvalue weighted by atomic mass is 79.9. The van der Waals surface area contributed by atoms with Gasteiger partial charge >= 0.3 is 0 Å². The number of aryl methyl sites for hydroxylation is 1. The van der Waals surface area contributed by atoms with E-state index >= 15 is 0 Å². The van der Waals surface area contributed by atoms with Crippen molar-refractivity contribution < 1.29 is 0 Å². The van der Waals surface area contributed by atoms with Crippen LogP contribution in [0.15, 0.2) is 33.3 Å². The summed E-state index contributed by atoms with van der Waals surface area (Å²) in [4.78, 5) is 7.46. The second-order valence-electron chi connectivity index (χ2n) is 3.07. The first-order valence-electron chi connectivity index (χ1n) is 4.13. The van der Waals surface area contributed by atoms with Gasteiger partial charge in [0, 0.05) is 26.4 Å². The van der Waals surface area contributed by atoms with Crippen LogP contribution in [-0.4, -0.2) is 9.97 Å². The largest absolute Gasteiger partial charge is 0.342 e. The topological polar surface area (TPSA) is 28.7 Å². The van der Waals surface area contributed by atoms with Gasteiger partial charge in [-0.05, 0) is 25.1 Å². The number of H-pyrrole nitrogens is 1. The maximum absolute atomic E-state index is 4.27. The Morgan fingerprint density at radius 1 is 1.14 bits per heavy atom. The number of imidazole rings is 1. The number of nitrogens with zero attached hydrogens (tertiary/aromatic N) is 1. The average Bonchev–Trinajstić information content (AvgIpc) is 2.50. The van der Waals surface area contributed by atoms with E-state index in [1.165, 1.54) is 0 Å². The average molecular weight is 316 g/mol. The molecular weight excluding hydrogens is 308 g/mol. The molecule has 0 aliphatic carbocycles. The Hall–Kier alpha value is -0.610. The van der Waals surface area contributed by atoms with Gasteiger partial charge in [0.2, 0.25) is 0 Å². The summed E-state index contributed by atoms with van der Waals surface area (Å²) < 4.78 is 2.08. The lowest BCUT2D eigenvalue weighted by atomic mass is 10.2. The molecule has 4 heteroatoms. The molecule has 1 N–H and O–H groups in total. The van der Waals surface area contributed by atoms with Crippen molar-refractivity contribution in [3.05, 3.63) is 39.0 Å². The molecule has 2 rings (SSSR count). The van der Waals surface area contributed by atoms with Gasteiger partial charge in [0.25, 0.3) is 0 Å². The van der Waals surface area contributed by atoms with Crippen LogP contribution >= 0.6 is 31.9 Å². The first-order chi connectivity index (χ1) is 6.65. The molecule has 0 bridgehead atoms. The van der Waals surface area contributed by atoms with Gasteiger partial charge in [-0.25, -0.2) is 4.98 Å². The summed E-state index contributed by atoms with van der Waals surface area (Å²) in [6.45, 7) is 1.99. The third-order valence-electron chi connectivity index (χ3n) is 1.84. The second kappa shape index (κ2) is 3.87. The second-order valence-corrected chi connectivity index (χ2v) is 4.90. The van der Waals surface area contributed by atoms with Crippen LogP contribution in [0, 0.1) is 6.92 Å². The number of halogens is 2. The number of aromatic nitrogens is 2. The Bertz CT molecular complexity index is 443. The van der Waals surface area contributed by atoms with E-state index in [1.807, 2.05) is 31.3 Å². The molecule has 0 aliphatic heterocycles. The van der Waals surface area contributed by atoms with Crippen molar-refractivity contribution in [1.29, 1.82) is 0 Å². The number of aromatic amines is 1. The maximum Gasteiger partial charge on any atom is 0.137 e. The first kappa shape index (κ1) is 9.93. The van der Waals surface area contributed by atoms with E-state index in [2.05, 4.69) is 41.8 Å². The van der Waals surface area contributed by atoms with Crippen LogP contribution in [0.2, 0.25) is 0 Å². The Kier molecular flexibility index (Phi) is 2.74. The number of hydrogen-bond donors (Lipinski definition) is 1. The first-order valence-corrected chi connectivity index (χ1v) is 5.72. The van der Waals surface area contributed by atoms with Gasteiger partial charge in [-0.15, -0.1) is 0 Å². The summed E-state index contributed by atoms with van der Waals surface area (Å²) in [6.07, 6.45) is 1.82. The van der Waals surface area contributed by atoms with E-state index in [1.54, 1.807) is 0 Å². The molecule has 0 atom stereocenters. The van der Waals surface area contributed by atoms with E-state index in [-0.39, 0.29) is 0 Å². The Balaban J connectivity index is 2.51. The number of benzene rings is 1. The smallest absolute Gasteiger partial charge is 0.137 e. The number of hydrogen-bond acceptors (Lipinski definition) is 1.